The summed E-state index contributed by atoms with van der Waals surface area (Å²) in [6.07, 6.45) is -4.27. The zero-order valence-corrected chi connectivity index (χ0v) is 10.8. The van der Waals surface area contributed by atoms with Crippen molar-refractivity contribution in [1.29, 1.82) is 0 Å². The van der Waals surface area contributed by atoms with E-state index in [1.807, 2.05) is 0 Å². The van der Waals surface area contributed by atoms with Crippen LogP contribution in [0.5, 0.6) is 0 Å². The van der Waals surface area contributed by atoms with E-state index in [1.54, 1.807) is 20.8 Å². The first kappa shape index (κ1) is 15.3. The smallest absolute Gasteiger partial charge is 0.433 e. The molecule has 0 aromatic carbocycles. The highest BCUT2D eigenvalue weighted by Crippen LogP contribution is 2.29. The number of hydrogen-bond acceptors (Lipinski definition) is 3. The Kier molecular flexibility index (Phi) is 4.39. The van der Waals surface area contributed by atoms with Gasteiger partial charge < -0.3 is 10.1 Å². The van der Waals surface area contributed by atoms with E-state index >= 15 is 0 Å². The van der Waals surface area contributed by atoms with Gasteiger partial charge in [-0.1, -0.05) is 6.07 Å². The van der Waals surface area contributed by atoms with Gasteiger partial charge in [0.05, 0.1) is 0 Å². The normalized spacial score (nSPS) is 12.1. The van der Waals surface area contributed by atoms with Gasteiger partial charge in [-0.15, -0.1) is 0 Å². The Bertz CT molecular complexity index is 453. The molecule has 1 amide bonds. The Morgan fingerprint density at radius 2 is 2.00 bits per heavy atom. The molecule has 0 radical (unpaired) electrons. The summed E-state index contributed by atoms with van der Waals surface area (Å²) < 4.78 is 42.8. The van der Waals surface area contributed by atoms with Crippen molar-refractivity contribution < 1.29 is 22.7 Å². The Labute approximate surface area is 109 Å². The number of carbonyl (C=O) groups excluding carboxylic acids is 1. The quantitative estimate of drug-likeness (QED) is 0.902. The molecular weight excluding hydrogens is 261 g/mol. The van der Waals surface area contributed by atoms with Gasteiger partial charge in [0, 0.05) is 18.3 Å². The Morgan fingerprint density at radius 1 is 1.37 bits per heavy atom. The molecule has 0 fully saturated rings. The van der Waals surface area contributed by atoms with Crippen molar-refractivity contribution in [1.82, 2.24) is 10.3 Å². The molecular formula is C12H15F3N2O2. The van der Waals surface area contributed by atoms with E-state index in [0.717, 1.165) is 6.20 Å². The van der Waals surface area contributed by atoms with Crippen LogP contribution in [0.1, 0.15) is 32.0 Å². The number of nitrogens with one attached hydrogen (secondary N) is 1. The van der Waals surface area contributed by atoms with E-state index in [2.05, 4.69) is 10.3 Å². The minimum atomic E-state index is -4.55. The van der Waals surface area contributed by atoms with Crippen molar-refractivity contribution in [2.75, 3.05) is 0 Å². The molecule has 1 aromatic rings. The topological polar surface area (TPSA) is 51.2 Å². The number of rotatable bonds is 2. The molecule has 1 aromatic heterocycles. The summed E-state index contributed by atoms with van der Waals surface area (Å²) in [6.45, 7) is 4.70. The summed E-state index contributed by atoms with van der Waals surface area (Å²) in [5.41, 5.74) is -1.82. The number of carbonyl (C=O) groups is 1. The van der Waals surface area contributed by atoms with Gasteiger partial charge in [0.1, 0.15) is 11.3 Å². The summed E-state index contributed by atoms with van der Waals surface area (Å²) >= 11 is 0. The predicted molar refractivity (Wildman–Crippen MR) is 62.3 cm³/mol. The monoisotopic (exact) mass is 276 g/mol. The number of hydrogen-bond donors (Lipinski definition) is 1. The molecule has 1 heterocycles. The fraction of sp³-hybridized carbons (Fsp3) is 0.500. The second-order valence-corrected chi connectivity index (χ2v) is 4.86. The number of aromatic nitrogens is 1. The molecule has 1 N–H and O–H groups in total. The zero-order chi connectivity index (χ0) is 14.7. The summed E-state index contributed by atoms with van der Waals surface area (Å²) in [5.74, 6) is 0. The summed E-state index contributed by atoms with van der Waals surface area (Å²) in [4.78, 5) is 14.6. The maximum absolute atomic E-state index is 12.6. The van der Waals surface area contributed by atoms with E-state index in [4.69, 9.17) is 4.74 Å². The van der Waals surface area contributed by atoms with E-state index in [-0.39, 0.29) is 12.1 Å². The molecule has 0 bridgehead atoms. The van der Waals surface area contributed by atoms with E-state index in [1.165, 1.54) is 12.1 Å². The molecule has 0 saturated heterocycles. The third-order valence-electron chi connectivity index (χ3n) is 1.98. The first-order chi connectivity index (χ1) is 8.59. The van der Waals surface area contributed by atoms with E-state index in [9.17, 15) is 18.0 Å². The van der Waals surface area contributed by atoms with Gasteiger partial charge in [-0.25, -0.2) is 4.79 Å². The third-order valence-corrected chi connectivity index (χ3v) is 1.98. The molecule has 0 aliphatic heterocycles. The van der Waals surface area contributed by atoms with Crippen LogP contribution < -0.4 is 5.32 Å². The van der Waals surface area contributed by atoms with Gasteiger partial charge in [-0.3, -0.25) is 4.98 Å². The van der Waals surface area contributed by atoms with Gasteiger partial charge in [-0.2, -0.15) is 13.2 Å². The average molecular weight is 276 g/mol. The van der Waals surface area contributed by atoms with E-state index in [0.29, 0.717) is 0 Å². The molecule has 0 aliphatic rings. The maximum atomic E-state index is 12.6. The van der Waals surface area contributed by atoms with Gasteiger partial charge >= 0.3 is 12.3 Å². The van der Waals surface area contributed by atoms with Crippen LogP contribution in [0.4, 0.5) is 18.0 Å². The van der Waals surface area contributed by atoms with E-state index < -0.39 is 23.6 Å². The highest BCUT2D eigenvalue weighted by atomic mass is 19.4. The number of nitrogens with zero attached hydrogens (tertiary/aromatic N) is 1. The Balaban J connectivity index is 2.71. The lowest BCUT2D eigenvalue weighted by Gasteiger charge is -2.20. The van der Waals surface area contributed by atoms with Crippen molar-refractivity contribution in [3.63, 3.8) is 0 Å². The molecule has 0 saturated carbocycles. The first-order valence-corrected chi connectivity index (χ1v) is 5.57. The number of amides is 1. The van der Waals surface area contributed by atoms with Crippen molar-refractivity contribution in [3.8, 4) is 0 Å². The molecule has 1 rings (SSSR count). The zero-order valence-electron chi connectivity index (χ0n) is 10.8. The van der Waals surface area contributed by atoms with Crippen LogP contribution in [0.15, 0.2) is 18.3 Å². The highest BCUT2D eigenvalue weighted by Gasteiger charge is 2.35. The van der Waals surface area contributed by atoms with Crippen LogP contribution in [0, 0.1) is 0 Å². The summed E-state index contributed by atoms with van der Waals surface area (Å²) in [5, 5.41) is 2.27. The first-order valence-electron chi connectivity index (χ1n) is 5.57. The lowest BCUT2D eigenvalue weighted by molar-refractivity contribution is -0.141. The number of pyridine rings is 1. The second-order valence-electron chi connectivity index (χ2n) is 4.86. The van der Waals surface area contributed by atoms with Crippen LogP contribution in [0.25, 0.3) is 0 Å². The van der Waals surface area contributed by atoms with Crippen molar-refractivity contribution in [2.24, 2.45) is 0 Å². The average Bonchev–Trinajstić information content (AvgIpc) is 2.23. The van der Waals surface area contributed by atoms with Crippen LogP contribution in [-0.2, 0) is 17.5 Å². The van der Waals surface area contributed by atoms with Gasteiger partial charge in [0.15, 0.2) is 0 Å². The minimum Gasteiger partial charge on any atom is -0.444 e. The van der Waals surface area contributed by atoms with Crippen molar-refractivity contribution in [3.05, 3.63) is 29.6 Å². The summed E-state index contributed by atoms with van der Waals surface area (Å²) in [7, 11) is 0. The van der Waals surface area contributed by atoms with Crippen LogP contribution in [-0.4, -0.2) is 16.7 Å². The lowest BCUT2D eigenvalue weighted by atomic mass is 10.2. The molecule has 0 spiro atoms. The molecule has 7 heteroatoms. The van der Waals surface area contributed by atoms with Crippen LogP contribution in [0.2, 0.25) is 0 Å². The Morgan fingerprint density at radius 3 is 2.53 bits per heavy atom. The molecule has 0 unspecified atom stereocenters. The SMILES string of the molecule is CC(C)(C)OC(=O)NCc1cccnc1C(F)(F)F. The fourth-order valence-corrected chi connectivity index (χ4v) is 1.32. The summed E-state index contributed by atoms with van der Waals surface area (Å²) in [6, 6.07) is 2.63. The maximum Gasteiger partial charge on any atom is 0.433 e. The van der Waals surface area contributed by atoms with Crippen molar-refractivity contribution >= 4 is 6.09 Å². The van der Waals surface area contributed by atoms with Crippen molar-refractivity contribution in [2.45, 2.75) is 39.1 Å². The van der Waals surface area contributed by atoms with Crippen LogP contribution >= 0.6 is 0 Å². The second kappa shape index (κ2) is 5.46. The molecule has 106 valence electrons. The lowest BCUT2D eigenvalue weighted by Crippen LogP contribution is -2.32. The standard InChI is InChI=1S/C12H15F3N2O2/c1-11(2,3)19-10(18)17-7-8-5-4-6-16-9(8)12(13,14)15/h4-6H,7H2,1-3H3,(H,17,18). The number of alkyl halides is 3. The fourth-order valence-electron chi connectivity index (χ4n) is 1.32. The van der Waals surface area contributed by atoms with Gasteiger partial charge in [0.25, 0.3) is 0 Å². The molecule has 4 nitrogen and oxygen atoms in total. The highest BCUT2D eigenvalue weighted by molar-refractivity contribution is 5.67. The molecule has 19 heavy (non-hydrogen) atoms. The molecule has 0 atom stereocenters. The largest absolute Gasteiger partial charge is 0.444 e. The number of alkyl carbamates (subject to hydrolysis) is 1. The number of halogens is 3. The minimum absolute atomic E-state index is 0.110. The van der Waals surface area contributed by atoms with Gasteiger partial charge in [-0.05, 0) is 26.8 Å². The van der Waals surface area contributed by atoms with Gasteiger partial charge in [0.2, 0.25) is 0 Å². The molecule has 0 aliphatic carbocycles. The van der Waals surface area contributed by atoms with Crippen LogP contribution in [0.3, 0.4) is 0 Å². The predicted octanol–water partition coefficient (Wildman–Crippen LogP) is 3.13. The Hall–Kier alpha value is -1.79. The number of ether oxygens (including phenoxy) is 1. The third kappa shape index (κ3) is 5.15.